The van der Waals surface area contributed by atoms with Gasteiger partial charge in [0.15, 0.2) is 0 Å². The first-order valence-corrected chi connectivity index (χ1v) is 7.53. The van der Waals surface area contributed by atoms with Gasteiger partial charge in [-0.2, -0.15) is 0 Å². The summed E-state index contributed by atoms with van der Waals surface area (Å²) in [6, 6.07) is 14.4. The normalized spacial score (nSPS) is 22.0. The van der Waals surface area contributed by atoms with Crippen molar-refractivity contribution >= 4 is 17.3 Å². The predicted molar refractivity (Wildman–Crippen MR) is 88.6 cm³/mol. The first kappa shape index (κ1) is 14.4. The van der Waals surface area contributed by atoms with Gasteiger partial charge in [0, 0.05) is 35.8 Å². The predicted octanol–water partition coefficient (Wildman–Crippen LogP) is 3.00. The average molecular weight is 302 g/mol. The molecular weight excluding hydrogens is 282 g/mol. The number of hydrogen-bond acceptors (Lipinski definition) is 3. The number of likely N-dealkylation sites (N-methyl/N-ethyl adjacent to an activating group) is 1. The molecule has 110 valence electrons. The minimum atomic E-state index is 0.226. The highest BCUT2D eigenvalue weighted by molar-refractivity contribution is 6.31. The molecule has 1 aliphatic heterocycles. The summed E-state index contributed by atoms with van der Waals surface area (Å²) in [7, 11) is 2.12. The molecule has 2 aromatic carbocycles. The van der Waals surface area contributed by atoms with Crippen molar-refractivity contribution in [2.24, 2.45) is 5.73 Å². The Morgan fingerprint density at radius 2 is 1.90 bits per heavy atom. The fraction of sp³-hybridized carbons (Fsp3) is 0.294. The summed E-state index contributed by atoms with van der Waals surface area (Å²) in [5.41, 5.74) is 16.2. The summed E-state index contributed by atoms with van der Waals surface area (Å²) in [5, 5.41) is 0.820. The number of nitrogens with two attached hydrogens (primary N) is 2. The van der Waals surface area contributed by atoms with Crippen LogP contribution in [0.3, 0.4) is 0 Å². The Balaban J connectivity index is 2.13. The van der Waals surface area contributed by atoms with Gasteiger partial charge in [-0.3, -0.25) is 4.90 Å². The van der Waals surface area contributed by atoms with E-state index in [1.807, 2.05) is 24.3 Å². The van der Waals surface area contributed by atoms with Crippen LogP contribution in [0.5, 0.6) is 0 Å². The molecule has 0 aliphatic carbocycles. The summed E-state index contributed by atoms with van der Waals surface area (Å²) in [5.74, 6) is 0.252. The lowest BCUT2D eigenvalue weighted by atomic mass is 9.81. The molecule has 0 amide bonds. The van der Waals surface area contributed by atoms with Crippen LogP contribution in [0.25, 0.3) is 0 Å². The van der Waals surface area contributed by atoms with E-state index in [1.165, 1.54) is 16.7 Å². The standard InChI is InChI=1S/C17H20ClN3/c1-21-10-14(11-5-7-12(20)8-6-11)17-13(16(21)9-19)3-2-4-15(17)18/h2-8,14,16H,9-10,19-20H2,1H3. The zero-order valence-corrected chi connectivity index (χ0v) is 12.8. The third-order valence-electron chi connectivity index (χ3n) is 4.36. The van der Waals surface area contributed by atoms with Gasteiger partial charge in [-0.25, -0.2) is 0 Å². The van der Waals surface area contributed by atoms with Gasteiger partial charge in [-0.1, -0.05) is 35.9 Å². The van der Waals surface area contributed by atoms with Gasteiger partial charge in [-0.05, 0) is 41.9 Å². The van der Waals surface area contributed by atoms with Crippen LogP contribution in [0.1, 0.15) is 28.7 Å². The van der Waals surface area contributed by atoms with Gasteiger partial charge in [0.05, 0.1) is 0 Å². The van der Waals surface area contributed by atoms with Crippen molar-refractivity contribution in [1.82, 2.24) is 4.90 Å². The number of halogens is 1. The van der Waals surface area contributed by atoms with Crippen molar-refractivity contribution in [3.05, 3.63) is 64.2 Å². The molecule has 3 nitrogen and oxygen atoms in total. The van der Waals surface area contributed by atoms with Crippen LogP contribution in [0, 0.1) is 0 Å². The lowest BCUT2D eigenvalue weighted by molar-refractivity contribution is 0.223. The van der Waals surface area contributed by atoms with Crippen LogP contribution in [0.2, 0.25) is 5.02 Å². The van der Waals surface area contributed by atoms with Crippen molar-refractivity contribution in [1.29, 1.82) is 0 Å². The highest BCUT2D eigenvalue weighted by Crippen LogP contribution is 2.41. The van der Waals surface area contributed by atoms with Crippen LogP contribution in [0.4, 0.5) is 5.69 Å². The largest absolute Gasteiger partial charge is 0.399 e. The molecule has 1 aliphatic rings. The summed E-state index contributed by atoms with van der Waals surface area (Å²) >= 11 is 6.50. The van der Waals surface area contributed by atoms with Crippen LogP contribution < -0.4 is 11.5 Å². The maximum atomic E-state index is 6.50. The van der Waals surface area contributed by atoms with Crippen LogP contribution in [-0.2, 0) is 0 Å². The fourth-order valence-corrected chi connectivity index (χ4v) is 3.58. The summed E-state index contributed by atoms with van der Waals surface area (Å²) < 4.78 is 0. The quantitative estimate of drug-likeness (QED) is 0.839. The van der Waals surface area contributed by atoms with E-state index in [-0.39, 0.29) is 12.0 Å². The lowest BCUT2D eigenvalue weighted by Crippen LogP contribution is -2.39. The summed E-state index contributed by atoms with van der Waals surface area (Å²) in [4.78, 5) is 2.31. The Hall–Kier alpha value is -1.55. The molecule has 0 aromatic heterocycles. The molecule has 1 heterocycles. The molecule has 2 unspecified atom stereocenters. The maximum Gasteiger partial charge on any atom is 0.0471 e. The first-order valence-electron chi connectivity index (χ1n) is 7.16. The van der Waals surface area contributed by atoms with Gasteiger partial charge in [0.1, 0.15) is 0 Å². The Kier molecular flexibility index (Phi) is 3.89. The van der Waals surface area contributed by atoms with Crippen molar-refractivity contribution < 1.29 is 0 Å². The Labute approximate surface area is 130 Å². The van der Waals surface area contributed by atoms with Gasteiger partial charge in [0.2, 0.25) is 0 Å². The summed E-state index contributed by atoms with van der Waals surface area (Å²) in [6.45, 7) is 1.50. The number of nitrogen functional groups attached to an aromatic ring is 1. The Bertz CT molecular complexity index is 639. The van der Waals surface area contributed by atoms with Gasteiger partial charge < -0.3 is 11.5 Å². The van der Waals surface area contributed by atoms with Crippen molar-refractivity contribution in [3.8, 4) is 0 Å². The third kappa shape index (κ3) is 2.53. The molecule has 0 saturated carbocycles. The van der Waals surface area contributed by atoms with E-state index >= 15 is 0 Å². The van der Waals surface area contributed by atoms with Gasteiger partial charge in [0.25, 0.3) is 0 Å². The molecule has 3 rings (SSSR count). The second kappa shape index (κ2) is 5.68. The topological polar surface area (TPSA) is 55.3 Å². The molecule has 0 bridgehead atoms. The van der Waals surface area contributed by atoms with E-state index in [9.17, 15) is 0 Å². The molecule has 2 aromatic rings. The number of benzene rings is 2. The van der Waals surface area contributed by atoms with E-state index < -0.39 is 0 Å². The maximum absolute atomic E-state index is 6.50. The van der Waals surface area contributed by atoms with Crippen molar-refractivity contribution in [2.45, 2.75) is 12.0 Å². The van der Waals surface area contributed by atoms with E-state index in [4.69, 9.17) is 23.1 Å². The smallest absolute Gasteiger partial charge is 0.0471 e. The SMILES string of the molecule is CN1CC(c2ccc(N)cc2)c2c(Cl)cccc2C1CN. The van der Waals surface area contributed by atoms with Gasteiger partial charge in [-0.15, -0.1) is 0 Å². The molecule has 2 atom stereocenters. The molecule has 0 spiro atoms. The third-order valence-corrected chi connectivity index (χ3v) is 4.69. The number of fused-ring (bicyclic) bond motifs is 1. The minimum absolute atomic E-state index is 0.226. The average Bonchev–Trinajstić information content (AvgIpc) is 2.47. The molecular formula is C17H20ClN3. The Morgan fingerprint density at radius 1 is 1.19 bits per heavy atom. The number of rotatable bonds is 2. The highest BCUT2D eigenvalue weighted by atomic mass is 35.5. The first-order chi connectivity index (χ1) is 10.1. The molecule has 0 fully saturated rings. The molecule has 4 N–H and O–H groups in total. The monoisotopic (exact) mass is 301 g/mol. The van der Waals surface area contributed by atoms with Crippen LogP contribution in [0.15, 0.2) is 42.5 Å². The van der Waals surface area contributed by atoms with E-state index in [0.29, 0.717) is 6.54 Å². The van der Waals surface area contributed by atoms with Crippen molar-refractivity contribution in [3.63, 3.8) is 0 Å². The van der Waals surface area contributed by atoms with E-state index in [0.717, 1.165) is 17.3 Å². The van der Waals surface area contributed by atoms with E-state index in [2.05, 4.69) is 30.1 Å². The van der Waals surface area contributed by atoms with Crippen molar-refractivity contribution in [2.75, 3.05) is 25.9 Å². The van der Waals surface area contributed by atoms with Gasteiger partial charge >= 0.3 is 0 Å². The second-order valence-electron chi connectivity index (χ2n) is 5.65. The molecule has 21 heavy (non-hydrogen) atoms. The number of anilines is 1. The number of hydrogen-bond donors (Lipinski definition) is 2. The summed E-state index contributed by atoms with van der Waals surface area (Å²) in [6.07, 6.45) is 0. The molecule has 0 radical (unpaired) electrons. The zero-order valence-electron chi connectivity index (χ0n) is 12.1. The van der Waals surface area contributed by atoms with E-state index in [1.54, 1.807) is 0 Å². The van der Waals surface area contributed by atoms with Crippen LogP contribution in [-0.4, -0.2) is 25.0 Å². The Morgan fingerprint density at radius 3 is 2.57 bits per heavy atom. The zero-order chi connectivity index (χ0) is 15.0. The lowest BCUT2D eigenvalue weighted by Gasteiger charge is -2.39. The van der Waals surface area contributed by atoms with Crippen LogP contribution >= 0.6 is 11.6 Å². The number of nitrogens with zero attached hydrogens (tertiary/aromatic N) is 1. The molecule has 0 saturated heterocycles. The fourth-order valence-electron chi connectivity index (χ4n) is 3.26. The minimum Gasteiger partial charge on any atom is -0.399 e. The molecule has 4 heteroatoms. The second-order valence-corrected chi connectivity index (χ2v) is 6.06. The highest BCUT2D eigenvalue weighted by Gasteiger charge is 2.32.